The molecule has 1 aromatic heterocycles. The second-order valence-electron chi connectivity index (χ2n) is 6.14. The number of nitrogens with zero attached hydrogens (tertiary/aromatic N) is 1. The van der Waals surface area contributed by atoms with Crippen molar-refractivity contribution in [1.29, 1.82) is 0 Å². The molecule has 0 saturated carbocycles. The molecule has 0 N–H and O–H groups in total. The van der Waals surface area contributed by atoms with Crippen LogP contribution in [0.4, 0.5) is 8.78 Å². The maximum absolute atomic E-state index is 14.4. The number of carbonyl (C=O) groups is 1. The molecule has 0 unspecified atom stereocenters. The van der Waals surface area contributed by atoms with Crippen LogP contribution < -0.4 is 0 Å². The topological polar surface area (TPSA) is 22.0 Å². The highest BCUT2D eigenvalue weighted by molar-refractivity contribution is 6.31. The van der Waals surface area contributed by atoms with Crippen molar-refractivity contribution in [3.05, 3.63) is 82.0 Å². The highest BCUT2D eigenvalue weighted by atomic mass is 35.5. The van der Waals surface area contributed by atoms with Crippen molar-refractivity contribution >= 4 is 17.5 Å². The molecule has 1 heterocycles. The van der Waals surface area contributed by atoms with Crippen molar-refractivity contribution in [1.82, 2.24) is 4.57 Å². The number of aryl methyl sites for hydroxylation is 1. The molecule has 0 atom stereocenters. The van der Waals surface area contributed by atoms with E-state index in [2.05, 4.69) is 0 Å². The van der Waals surface area contributed by atoms with E-state index in [1.165, 1.54) is 16.7 Å². The zero-order valence-corrected chi connectivity index (χ0v) is 14.0. The molecule has 0 spiro atoms. The Labute approximate surface area is 148 Å². The van der Waals surface area contributed by atoms with Gasteiger partial charge in [0.25, 0.3) is 5.91 Å². The number of hydrogen-bond acceptors (Lipinski definition) is 1. The normalized spacial score (nSPS) is 13.1. The predicted octanol–water partition coefficient (Wildman–Crippen LogP) is 5.26. The molecule has 5 heteroatoms. The molecular formula is C20H14ClF2NO. The van der Waals surface area contributed by atoms with E-state index < -0.39 is 11.6 Å². The van der Waals surface area contributed by atoms with Gasteiger partial charge in [0, 0.05) is 28.4 Å². The first-order chi connectivity index (χ1) is 12.0. The molecular weight excluding hydrogens is 344 g/mol. The molecule has 0 saturated heterocycles. The molecule has 1 aliphatic rings. The highest BCUT2D eigenvalue weighted by Crippen LogP contribution is 2.36. The van der Waals surface area contributed by atoms with Crippen molar-refractivity contribution in [3.8, 4) is 11.3 Å². The van der Waals surface area contributed by atoms with Crippen molar-refractivity contribution < 1.29 is 13.6 Å². The number of hydrogen-bond donors (Lipinski definition) is 0. The number of rotatable bonds is 2. The average molecular weight is 358 g/mol. The minimum absolute atomic E-state index is 0.236. The number of aromatic nitrogens is 1. The zero-order valence-electron chi connectivity index (χ0n) is 13.2. The second-order valence-corrected chi connectivity index (χ2v) is 6.58. The van der Waals surface area contributed by atoms with Gasteiger partial charge < -0.3 is 0 Å². The van der Waals surface area contributed by atoms with Crippen LogP contribution in [-0.4, -0.2) is 10.5 Å². The maximum atomic E-state index is 14.4. The Morgan fingerprint density at radius 3 is 2.68 bits per heavy atom. The van der Waals surface area contributed by atoms with E-state index in [0.717, 1.165) is 36.5 Å². The van der Waals surface area contributed by atoms with Crippen LogP contribution in [0.5, 0.6) is 0 Å². The summed E-state index contributed by atoms with van der Waals surface area (Å²) in [4.78, 5) is 13.0. The largest absolute Gasteiger partial charge is 0.283 e. The minimum Gasteiger partial charge on any atom is -0.283 e. The molecule has 0 amide bonds. The number of carbonyl (C=O) groups excluding carboxylic acids is 1. The fraction of sp³-hybridized carbons (Fsp3) is 0.150. The van der Waals surface area contributed by atoms with E-state index >= 15 is 0 Å². The molecule has 2 nitrogen and oxygen atoms in total. The van der Waals surface area contributed by atoms with Gasteiger partial charge in [-0.15, -0.1) is 0 Å². The van der Waals surface area contributed by atoms with E-state index in [1.807, 2.05) is 0 Å². The highest BCUT2D eigenvalue weighted by Gasteiger charge is 2.26. The molecule has 0 fully saturated rings. The lowest BCUT2D eigenvalue weighted by Gasteiger charge is -2.12. The van der Waals surface area contributed by atoms with Crippen LogP contribution >= 0.6 is 11.6 Å². The lowest BCUT2D eigenvalue weighted by Crippen LogP contribution is -2.13. The summed E-state index contributed by atoms with van der Waals surface area (Å²) in [5.74, 6) is -1.60. The summed E-state index contributed by atoms with van der Waals surface area (Å²) in [6.45, 7) is 0. The smallest absolute Gasteiger partial charge is 0.262 e. The van der Waals surface area contributed by atoms with Crippen LogP contribution in [0, 0.1) is 11.6 Å². The van der Waals surface area contributed by atoms with Crippen molar-refractivity contribution in [2.75, 3.05) is 0 Å². The quantitative estimate of drug-likeness (QED) is 0.613. The van der Waals surface area contributed by atoms with Gasteiger partial charge in [0.05, 0.1) is 5.69 Å². The number of halogens is 3. The average Bonchev–Trinajstić information content (AvgIpc) is 3.16. The van der Waals surface area contributed by atoms with E-state index in [1.54, 1.807) is 30.5 Å². The van der Waals surface area contributed by atoms with Crippen LogP contribution in [0.3, 0.4) is 0 Å². The van der Waals surface area contributed by atoms with Gasteiger partial charge in [0.2, 0.25) is 0 Å². The summed E-state index contributed by atoms with van der Waals surface area (Å²) >= 11 is 5.99. The zero-order chi connectivity index (χ0) is 17.6. The summed E-state index contributed by atoms with van der Waals surface area (Å²) in [7, 11) is 0. The third kappa shape index (κ3) is 2.76. The van der Waals surface area contributed by atoms with Crippen LogP contribution in [0.25, 0.3) is 11.3 Å². The molecule has 25 heavy (non-hydrogen) atoms. The molecule has 126 valence electrons. The fourth-order valence-corrected chi connectivity index (χ4v) is 3.63. The van der Waals surface area contributed by atoms with Crippen LogP contribution in [0.1, 0.15) is 27.9 Å². The molecule has 3 aromatic rings. The van der Waals surface area contributed by atoms with E-state index in [4.69, 9.17) is 11.6 Å². The van der Waals surface area contributed by atoms with E-state index in [9.17, 15) is 13.6 Å². The Bertz CT molecular complexity index is 993. The Morgan fingerprint density at radius 2 is 1.92 bits per heavy atom. The Hall–Kier alpha value is -2.46. The van der Waals surface area contributed by atoms with E-state index in [-0.39, 0.29) is 11.5 Å². The predicted molar refractivity (Wildman–Crippen MR) is 93.0 cm³/mol. The minimum atomic E-state index is -0.673. The van der Waals surface area contributed by atoms with Gasteiger partial charge in [-0.05, 0) is 60.7 Å². The molecule has 0 bridgehead atoms. The molecule has 0 aliphatic heterocycles. The van der Waals surface area contributed by atoms with Crippen LogP contribution in [0.2, 0.25) is 5.02 Å². The standard InChI is InChI=1S/C20H14ClF2NO/c21-14-5-1-3-12(9-14)20(25)24-11-13-4-2-6-16(13)19(24)17-8-7-15(22)10-18(17)23/h1,3,5,7-11H,2,4,6H2. The molecule has 2 aromatic carbocycles. The summed E-state index contributed by atoms with van der Waals surface area (Å²) in [5, 5.41) is 0.458. The van der Waals surface area contributed by atoms with Gasteiger partial charge in [-0.25, -0.2) is 8.78 Å². The molecule has 4 rings (SSSR count). The maximum Gasteiger partial charge on any atom is 0.262 e. The number of benzene rings is 2. The lowest BCUT2D eigenvalue weighted by atomic mass is 10.0. The van der Waals surface area contributed by atoms with Crippen LogP contribution in [-0.2, 0) is 12.8 Å². The monoisotopic (exact) mass is 357 g/mol. The van der Waals surface area contributed by atoms with E-state index in [0.29, 0.717) is 16.3 Å². The fourth-order valence-electron chi connectivity index (χ4n) is 3.44. The lowest BCUT2D eigenvalue weighted by molar-refractivity contribution is 0.0962. The van der Waals surface area contributed by atoms with Gasteiger partial charge in [-0.3, -0.25) is 9.36 Å². The van der Waals surface area contributed by atoms with Gasteiger partial charge >= 0.3 is 0 Å². The molecule has 0 radical (unpaired) electrons. The third-order valence-corrected chi connectivity index (χ3v) is 4.78. The van der Waals surface area contributed by atoms with Gasteiger partial charge in [0.15, 0.2) is 0 Å². The summed E-state index contributed by atoms with van der Waals surface area (Å²) in [6.07, 6.45) is 4.36. The Kier molecular flexibility index (Phi) is 3.92. The summed E-state index contributed by atoms with van der Waals surface area (Å²) < 4.78 is 29.2. The number of fused-ring (bicyclic) bond motifs is 1. The van der Waals surface area contributed by atoms with Gasteiger partial charge in [0.1, 0.15) is 11.6 Å². The van der Waals surface area contributed by atoms with Crippen molar-refractivity contribution in [2.45, 2.75) is 19.3 Å². The first-order valence-corrected chi connectivity index (χ1v) is 8.41. The van der Waals surface area contributed by atoms with Crippen LogP contribution in [0.15, 0.2) is 48.7 Å². The van der Waals surface area contributed by atoms with Gasteiger partial charge in [-0.2, -0.15) is 0 Å². The van der Waals surface area contributed by atoms with Crippen molar-refractivity contribution in [3.63, 3.8) is 0 Å². The summed E-state index contributed by atoms with van der Waals surface area (Å²) in [5.41, 5.74) is 3.16. The summed E-state index contributed by atoms with van der Waals surface area (Å²) in [6, 6.07) is 10.1. The van der Waals surface area contributed by atoms with Crippen molar-refractivity contribution in [2.24, 2.45) is 0 Å². The third-order valence-electron chi connectivity index (χ3n) is 4.55. The first kappa shape index (κ1) is 16.0. The Balaban J connectivity index is 1.91. The van der Waals surface area contributed by atoms with Gasteiger partial charge in [-0.1, -0.05) is 17.7 Å². The SMILES string of the molecule is O=C(c1cccc(Cl)c1)n1cc2c(c1-c1ccc(F)cc1F)CCC2. The molecule has 1 aliphatic carbocycles. The Morgan fingerprint density at radius 1 is 1.08 bits per heavy atom. The first-order valence-electron chi connectivity index (χ1n) is 8.03. The second kappa shape index (κ2) is 6.12.